The lowest BCUT2D eigenvalue weighted by molar-refractivity contribution is -0.198. The summed E-state index contributed by atoms with van der Waals surface area (Å²) in [6, 6.07) is 0. The predicted octanol–water partition coefficient (Wildman–Crippen LogP) is 5.46. The summed E-state index contributed by atoms with van der Waals surface area (Å²) in [6.07, 6.45) is 17.9. The summed E-state index contributed by atoms with van der Waals surface area (Å²) in [5.41, 5.74) is -0.551. The minimum atomic E-state index is -1.40. The fraction of sp³-hybridized carbons (Fsp3) is 0.659. The number of carbonyl (C=O) groups is 2. The first kappa shape index (κ1) is 42.6. The number of aliphatic hydroxyl groups is 4. The Morgan fingerprint density at radius 2 is 1.80 bits per heavy atom. The molecule has 3 aliphatic rings. The lowest BCUT2D eigenvalue weighted by atomic mass is 9.73. The highest BCUT2D eigenvalue weighted by Gasteiger charge is 2.49. The fourth-order valence-electron chi connectivity index (χ4n) is 6.72. The molecule has 0 amide bonds. The van der Waals surface area contributed by atoms with Crippen molar-refractivity contribution >= 4 is 11.9 Å². The summed E-state index contributed by atoms with van der Waals surface area (Å²) in [4.78, 5) is 25.3. The molecule has 10 nitrogen and oxygen atoms in total. The Labute approximate surface area is 304 Å². The molecule has 3 aliphatic heterocycles. The van der Waals surface area contributed by atoms with Gasteiger partial charge in [0.1, 0.15) is 12.7 Å². The first-order valence-corrected chi connectivity index (χ1v) is 18.6. The van der Waals surface area contributed by atoms with Gasteiger partial charge in [-0.2, -0.15) is 0 Å². The van der Waals surface area contributed by atoms with Crippen LogP contribution in [0, 0.1) is 23.2 Å². The van der Waals surface area contributed by atoms with E-state index in [2.05, 4.69) is 25.7 Å². The summed E-state index contributed by atoms with van der Waals surface area (Å²) in [6.45, 7) is 13.3. The van der Waals surface area contributed by atoms with Crippen molar-refractivity contribution in [2.75, 3.05) is 13.2 Å². The van der Waals surface area contributed by atoms with Crippen molar-refractivity contribution in [2.24, 2.45) is 23.2 Å². The molecule has 0 radical (unpaired) electrons. The Bertz CT molecular complexity index is 1270. The molecule has 51 heavy (non-hydrogen) atoms. The maximum absolute atomic E-state index is 13.0. The molecule has 11 atom stereocenters. The molecule has 4 N–H and O–H groups in total. The number of allylic oxidation sites excluding steroid dienone is 5. The Morgan fingerprint density at radius 1 is 1.06 bits per heavy atom. The highest BCUT2D eigenvalue weighted by atomic mass is 16.6. The van der Waals surface area contributed by atoms with E-state index in [1.807, 2.05) is 45.9 Å². The van der Waals surface area contributed by atoms with E-state index in [9.17, 15) is 30.0 Å². The average molecular weight is 715 g/mol. The first-order valence-electron chi connectivity index (χ1n) is 18.6. The van der Waals surface area contributed by atoms with Crippen LogP contribution in [0.15, 0.2) is 72.9 Å². The van der Waals surface area contributed by atoms with Gasteiger partial charge in [-0.25, -0.2) is 9.59 Å². The number of fused-ring (bicyclic) bond motifs is 4. The summed E-state index contributed by atoms with van der Waals surface area (Å²) in [7, 11) is 0. The molecule has 0 aromatic heterocycles. The van der Waals surface area contributed by atoms with E-state index in [1.165, 1.54) is 6.08 Å². The molecule has 2 fully saturated rings. The predicted molar refractivity (Wildman–Crippen MR) is 196 cm³/mol. The highest BCUT2D eigenvalue weighted by Crippen LogP contribution is 2.41. The maximum atomic E-state index is 13.0. The van der Waals surface area contributed by atoms with Gasteiger partial charge < -0.3 is 39.4 Å². The van der Waals surface area contributed by atoms with Crippen molar-refractivity contribution in [1.29, 1.82) is 0 Å². The Hall–Kier alpha value is -2.86. The maximum Gasteiger partial charge on any atom is 0.335 e. The molecule has 3 unspecified atom stereocenters. The zero-order chi connectivity index (χ0) is 37.6. The van der Waals surface area contributed by atoms with Crippen molar-refractivity contribution < 1.29 is 49.0 Å². The van der Waals surface area contributed by atoms with E-state index < -0.39 is 47.9 Å². The smallest absolute Gasteiger partial charge is 0.335 e. The second-order valence-corrected chi connectivity index (χ2v) is 15.1. The van der Waals surface area contributed by atoms with E-state index in [-0.39, 0.29) is 55.7 Å². The number of ether oxygens (including phenoxy) is 4. The third-order valence-electron chi connectivity index (χ3n) is 10.2. The number of rotatable bonds is 11. The molecular weight excluding hydrogens is 652 g/mol. The summed E-state index contributed by atoms with van der Waals surface area (Å²) < 4.78 is 23.9. The van der Waals surface area contributed by atoms with Crippen LogP contribution >= 0.6 is 0 Å². The molecule has 10 heteroatoms. The van der Waals surface area contributed by atoms with Gasteiger partial charge in [-0.15, -0.1) is 0 Å². The van der Waals surface area contributed by atoms with E-state index in [1.54, 1.807) is 24.3 Å². The van der Waals surface area contributed by atoms with E-state index in [0.717, 1.165) is 6.42 Å². The topological polar surface area (TPSA) is 152 Å². The second kappa shape index (κ2) is 21.0. The van der Waals surface area contributed by atoms with Gasteiger partial charge >= 0.3 is 11.9 Å². The van der Waals surface area contributed by atoms with Gasteiger partial charge in [0.2, 0.25) is 0 Å². The molecule has 3 heterocycles. The Morgan fingerprint density at radius 3 is 2.53 bits per heavy atom. The van der Waals surface area contributed by atoms with Crippen LogP contribution in [-0.4, -0.2) is 94.4 Å². The SMILES string of the molecule is C=C(COC(=O)C(O)C/C=C\C[C@@H]1O[C@@H]2/C=C/C/C=C/C(C)C[C@H]3O[C@@H](C/C=C/C=C/C(=O)O[C@H](C2)[C@@]1(C)CO)C[C@H](O)[C@H]3C)C(O)CC(C)C. The number of hydrogen-bond acceptors (Lipinski definition) is 10. The number of hydrogen-bond donors (Lipinski definition) is 4. The molecule has 2 saturated heterocycles. The summed E-state index contributed by atoms with van der Waals surface area (Å²) in [5, 5.41) is 41.8. The third-order valence-corrected chi connectivity index (χ3v) is 10.2. The van der Waals surface area contributed by atoms with Crippen molar-refractivity contribution in [2.45, 2.75) is 135 Å². The lowest BCUT2D eigenvalue weighted by Crippen LogP contribution is -2.55. The normalized spacial score (nSPS) is 36.0. The van der Waals surface area contributed by atoms with Crippen LogP contribution in [0.1, 0.15) is 86.0 Å². The quantitative estimate of drug-likeness (QED) is 0.161. The van der Waals surface area contributed by atoms with E-state index in [4.69, 9.17) is 18.9 Å². The van der Waals surface area contributed by atoms with Gasteiger partial charge in [0.05, 0.1) is 48.6 Å². The minimum Gasteiger partial charge on any atom is -0.459 e. The molecule has 0 saturated carbocycles. The van der Waals surface area contributed by atoms with Crippen molar-refractivity contribution in [3.8, 4) is 0 Å². The zero-order valence-electron chi connectivity index (χ0n) is 31.1. The van der Waals surface area contributed by atoms with Crippen LogP contribution in [0.4, 0.5) is 0 Å². The van der Waals surface area contributed by atoms with Crippen LogP contribution in [0.2, 0.25) is 0 Å². The fourth-order valence-corrected chi connectivity index (χ4v) is 6.72. The van der Waals surface area contributed by atoms with Crippen LogP contribution in [0.25, 0.3) is 0 Å². The van der Waals surface area contributed by atoms with Gasteiger partial charge in [0.25, 0.3) is 0 Å². The molecule has 0 aliphatic carbocycles. The molecule has 4 bridgehead atoms. The standard InChI is InChI=1S/C41H62O10/c1-27(2)21-34(44)29(4)25-48-40(47)33(43)18-13-14-19-37-41(6,26-42)38-24-32(50-37)17-10-7-9-15-28(3)22-36-30(5)35(45)23-31(49-36)16-11-8-12-20-39(46)51-38/h8-15,17,20,27-28,30-38,42-45H,4,7,16,18-19,21-26H2,1-3,5-6H3/b11-8+,14-13-,15-9+,17-10+,20-12+/t28?,30-,31+,32-,33?,34?,35+,36-,37+,38-,41+/m1/s1. The largest absolute Gasteiger partial charge is 0.459 e. The molecule has 286 valence electrons. The average Bonchev–Trinajstić information content (AvgIpc) is 3.07. The Kier molecular flexibility index (Phi) is 17.5. The number of carbonyl (C=O) groups excluding carboxylic acids is 2. The Balaban J connectivity index is 1.69. The number of aliphatic hydroxyl groups excluding tert-OH is 4. The second-order valence-electron chi connectivity index (χ2n) is 15.1. The van der Waals surface area contributed by atoms with Crippen LogP contribution in [0.5, 0.6) is 0 Å². The van der Waals surface area contributed by atoms with Crippen molar-refractivity contribution in [3.63, 3.8) is 0 Å². The molecule has 0 aromatic carbocycles. The van der Waals surface area contributed by atoms with Crippen molar-refractivity contribution in [3.05, 3.63) is 72.9 Å². The van der Waals surface area contributed by atoms with E-state index >= 15 is 0 Å². The van der Waals surface area contributed by atoms with Crippen LogP contribution in [0.3, 0.4) is 0 Å². The molecule has 0 aromatic rings. The minimum absolute atomic E-state index is 0.000341. The zero-order valence-corrected chi connectivity index (χ0v) is 31.1. The number of esters is 2. The van der Waals surface area contributed by atoms with Gasteiger partial charge in [-0.1, -0.05) is 95.9 Å². The van der Waals surface area contributed by atoms with E-state index in [0.29, 0.717) is 44.1 Å². The van der Waals surface area contributed by atoms with Crippen LogP contribution < -0.4 is 0 Å². The van der Waals surface area contributed by atoms with Gasteiger partial charge in [0, 0.05) is 31.3 Å². The first-order chi connectivity index (χ1) is 24.2. The van der Waals surface area contributed by atoms with Gasteiger partial charge in [0.15, 0.2) is 6.10 Å². The van der Waals surface area contributed by atoms with Crippen molar-refractivity contribution in [1.82, 2.24) is 0 Å². The molecule has 3 rings (SSSR count). The van der Waals surface area contributed by atoms with Gasteiger partial charge in [-0.05, 0) is 49.5 Å². The molecule has 0 spiro atoms. The molecular formula is C41H62O10. The van der Waals surface area contributed by atoms with Gasteiger partial charge in [-0.3, -0.25) is 0 Å². The monoisotopic (exact) mass is 714 g/mol. The lowest BCUT2D eigenvalue weighted by Gasteiger charge is -2.47. The third kappa shape index (κ3) is 13.6. The van der Waals surface area contributed by atoms with Crippen LogP contribution in [-0.2, 0) is 28.5 Å². The summed E-state index contributed by atoms with van der Waals surface area (Å²) in [5.74, 6) is -0.779. The summed E-state index contributed by atoms with van der Waals surface area (Å²) >= 11 is 0. The highest BCUT2D eigenvalue weighted by molar-refractivity contribution is 5.82.